The van der Waals surface area contributed by atoms with Gasteiger partial charge in [0.2, 0.25) is 0 Å². The summed E-state index contributed by atoms with van der Waals surface area (Å²) in [4.78, 5) is 15.7. The fraction of sp³-hybridized carbons (Fsp3) is 0.923. The number of carboxylic acid groups (broad SMARTS) is 1. The number of hydrogen-bond acceptors (Lipinski definition) is 3. The van der Waals surface area contributed by atoms with Gasteiger partial charge in [0.05, 0.1) is 6.42 Å². The van der Waals surface area contributed by atoms with Crippen molar-refractivity contribution in [1.29, 1.82) is 0 Å². The highest BCUT2D eigenvalue weighted by molar-refractivity contribution is 5.66. The summed E-state index contributed by atoms with van der Waals surface area (Å²) in [6.45, 7) is 6.46. The van der Waals surface area contributed by atoms with Gasteiger partial charge < -0.3 is 10.0 Å². The highest BCUT2D eigenvalue weighted by Crippen LogP contribution is 2.31. The maximum absolute atomic E-state index is 10.7. The molecule has 0 aromatic rings. The molecule has 1 saturated carbocycles. The number of aliphatic carboxylic acids is 1. The molecular weight excluding hydrogens is 216 g/mol. The van der Waals surface area contributed by atoms with E-state index in [1.165, 1.54) is 38.8 Å². The van der Waals surface area contributed by atoms with Crippen molar-refractivity contribution in [2.75, 3.05) is 26.2 Å². The molecule has 2 rings (SSSR count). The summed E-state index contributed by atoms with van der Waals surface area (Å²) in [5.74, 6) is -0.665. The van der Waals surface area contributed by atoms with Crippen LogP contribution in [0.2, 0.25) is 0 Å². The summed E-state index contributed by atoms with van der Waals surface area (Å²) in [5, 5.41) is 8.81. The van der Waals surface area contributed by atoms with E-state index in [0.717, 1.165) is 13.1 Å². The van der Waals surface area contributed by atoms with E-state index in [1.54, 1.807) is 0 Å². The molecule has 1 heterocycles. The molecule has 2 fully saturated rings. The molecule has 1 aliphatic heterocycles. The van der Waals surface area contributed by atoms with Crippen LogP contribution in [0.3, 0.4) is 0 Å². The van der Waals surface area contributed by atoms with Crippen molar-refractivity contribution in [3.05, 3.63) is 0 Å². The van der Waals surface area contributed by atoms with E-state index in [9.17, 15) is 4.79 Å². The van der Waals surface area contributed by atoms with Gasteiger partial charge in [0, 0.05) is 18.6 Å². The van der Waals surface area contributed by atoms with Crippen molar-refractivity contribution in [3.8, 4) is 0 Å². The number of nitrogens with zero attached hydrogens (tertiary/aromatic N) is 2. The lowest BCUT2D eigenvalue weighted by molar-refractivity contribution is -0.137. The average Bonchev–Trinajstić information content (AvgIpc) is 3.14. The van der Waals surface area contributed by atoms with Gasteiger partial charge in [-0.15, -0.1) is 0 Å². The van der Waals surface area contributed by atoms with Gasteiger partial charge in [-0.05, 0) is 45.3 Å². The monoisotopic (exact) mass is 240 g/mol. The molecule has 0 atom stereocenters. The third-order valence-electron chi connectivity index (χ3n) is 4.07. The Morgan fingerprint density at radius 2 is 1.82 bits per heavy atom. The molecule has 1 N–H and O–H groups in total. The first-order valence-electron chi connectivity index (χ1n) is 6.90. The van der Waals surface area contributed by atoms with E-state index in [2.05, 4.69) is 16.7 Å². The van der Waals surface area contributed by atoms with E-state index < -0.39 is 5.97 Å². The van der Waals surface area contributed by atoms with E-state index >= 15 is 0 Å². The first-order valence-corrected chi connectivity index (χ1v) is 6.90. The van der Waals surface area contributed by atoms with E-state index in [-0.39, 0.29) is 0 Å². The van der Waals surface area contributed by atoms with Crippen molar-refractivity contribution in [2.45, 2.75) is 51.1 Å². The molecule has 0 aromatic heterocycles. The molecule has 0 spiro atoms. The van der Waals surface area contributed by atoms with Gasteiger partial charge in [-0.25, -0.2) is 0 Å². The lowest BCUT2D eigenvalue weighted by Crippen LogP contribution is -2.46. The normalized spacial score (nSPS) is 23.2. The Kier molecular flexibility index (Phi) is 4.40. The fourth-order valence-corrected chi connectivity index (χ4v) is 2.86. The lowest BCUT2D eigenvalue weighted by Gasteiger charge is -2.38. The third-order valence-corrected chi connectivity index (χ3v) is 4.07. The first kappa shape index (κ1) is 12.8. The molecule has 4 nitrogen and oxygen atoms in total. The molecule has 1 saturated heterocycles. The van der Waals surface area contributed by atoms with Crippen LogP contribution in [-0.2, 0) is 4.79 Å². The van der Waals surface area contributed by atoms with Gasteiger partial charge in [-0.3, -0.25) is 9.69 Å². The zero-order valence-corrected chi connectivity index (χ0v) is 10.8. The number of carboxylic acids is 1. The zero-order valence-electron chi connectivity index (χ0n) is 10.8. The molecule has 98 valence electrons. The summed E-state index contributed by atoms with van der Waals surface area (Å²) >= 11 is 0. The third kappa shape index (κ3) is 3.68. The van der Waals surface area contributed by atoms with Crippen molar-refractivity contribution in [3.63, 3.8) is 0 Å². The van der Waals surface area contributed by atoms with Crippen LogP contribution in [0.1, 0.15) is 39.0 Å². The largest absolute Gasteiger partial charge is 0.481 e. The number of likely N-dealkylation sites (tertiary alicyclic amines) is 1. The minimum absolute atomic E-state index is 0.296. The molecule has 17 heavy (non-hydrogen) atoms. The fourth-order valence-electron chi connectivity index (χ4n) is 2.86. The summed E-state index contributed by atoms with van der Waals surface area (Å²) in [7, 11) is 0. The molecular formula is C13H24N2O2. The lowest BCUT2D eigenvalue weighted by atomic mass is 10.0. The van der Waals surface area contributed by atoms with Gasteiger partial charge >= 0.3 is 5.97 Å². The average molecular weight is 240 g/mol. The number of hydrogen-bond donors (Lipinski definition) is 1. The van der Waals surface area contributed by atoms with Crippen LogP contribution in [-0.4, -0.2) is 59.1 Å². The van der Waals surface area contributed by atoms with Gasteiger partial charge in [0.25, 0.3) is 0 Å². The molecule has 0 unspecified atom stereocenters. The van der Waals surface area contributed by atoms with E-state index in [4.69, 9.17) is 5.11 Å². The molecule has 4 heteroatoms. The van der Waals surface area contributed by atoms with Gasteiger partial charge in [-0.1, -0.05) is 6.92 Å². The second-order valence-corrected chi connectivity index (χ2v) is 5.28. The topological polar surface area (TPSA) is 43.8 Å². The molecule has 1 aliphatic carbocycles. The van der Waals surface area contributed by atoms with Crippen molar-refractivity contribution >= 4 is 5.97 Å². The second kappa shape index (κ2) is 5.83. The van der Waals surface area contributed by atoms with Crippen LogP contribution in [0.5, 0.6) is 0 Å². The Balaban J connectivity index is 1.82. The highest BCUT2D eigenvalue weighted by Gasteiger charge is 2.35. The van der Waals surface area contributed by atoms with Crippen LogP contribution >= 0.6 is 0 Å². The first-order chi connectivity index (χ1) is 8.20. The van der Waals surface area contributed by atoms with Crippen molar-refractivity contribution < 1.29 is 9.90 Å². The second-order valence-electron chi connectivity index (χ2n) is 5.28. The maximum atomic E-state index is 10.7. The number of rotatable bonds is 6. The summed E-state index contributed by atoms with van der Waals surface area (Å²) in [5.41, 5.74) is 0. The van der Waals surface area contributed by atoms with Crippen molar-refractivity contribution in [2.24, 2.45) is 0 Å². The SMILES string of the molecule is CCN1CCC(N(CCC(=O)O)C2CC2)CC1. The number of carbonyl (C=O) groups is 1. The Hall–Kier alpha value is -0.610. The summed E-state index contributed by atoms with van der Waals surface area (Å²) < 4.78 is 0. The quantitative estimate of drug-likeness (QED) is 0.762. The zero-order chi connectivity index (χ0) is 12.3. The Bertz CT molecular complexity index is 258. The molecule has 0 amide bonds. The van der Waals surface area contributed by atoms with Gasteiger partial charge in [0.15, 0.2) is 0 Å². The van der Waals surface area contributed by atoms with Gasteiger partial charge in [-0.2, -0.15) is 0 Å². The Labute approximate surface area is 104 Å². The predicted octanol–water partition coefficient (Wildman–Crippen LogP) is 1.41. The minimum Gasteiger partial charge on any atom is -0.481 e. The summed E-state index contributed by atoms with van der Waals surface area (Å²) in [6, 6.07) is 1.32. The predicted molar refractivity (Wildman–Crippen MR) is 67.1 cm³/mol. The van der Waals surface area contributed by atoms with Crippen LogP contribution in [0.4, 0.5) is 0 Å². The smallest absolute Gasteiger partial charge is 0.304 e. The Morgan fingerprint density at radius 3 is 2.29 bits per heavy atom. The van der Waals surface area contributed by atoms with E-state index in [0.29, 0.717) is 18.5 Å². The Morgan fingerprint density at radius 1 is 1.24 bits per heavy atom. The minimum atomic E-state index is -0.665. The highest BCUT2D eigenvalue weighted by atomic mass is 16.4. The van der Waals surface area contributed by atoms with Gasteiger partial charge in [0.1, 0.15) is 0 Å². The summed E-state index contributed by atoms with van der Waals surface area (Å²) in [6.07, 6.45) is 5.26. The molecule has 0 aromatic carbocycles. The molecule has 0 radical (unpaired) electrons. The standard InChI is InChI=1S/C13H24N2O2/c1-2-14-8-5-12(6-9-14)15(11-3-4-11)10-7-13(16)17/h11-12H,2-10H2,1H3,(H,16,17). The van der Waals surface area contributed by atoms with Crippen LogP contribution in [0.25, 0.3) is 0 Å². The number of piperidine rings is 1. The van der Waals surface area contributed by atoms with Crippen LogP contribution in [0, 0.1) is 0 Å². The van der Waals surface area contributed by atoms with Crippen LogP contribution < -0.4 is 0 Å². The molecule has 2 aliphatic rings. The maximum Gasteiger partial charge on any atom is 0.304 e. The van der Waals surface area contributed by atoms with Crippen molar-refractivity contribution in [1.82, 2.24) is 9.80 Å². The molecule has 0 bridgehead atoms. The van der Waals surface area contributed by atoms with Crippen LogP contribution in [0.15, 0.2) is 0 Å². The van der Waals surface area contributed by atoms with E-state index in [1.807, 2.05) is 0 Å².